The first-order chi connectivity index (χ1) is 12.4. The van der Waals surface area contributed by atoms with Gasteiger partial charge in [0.2, 0.25) is 0 Å². The fourth-order valence-corrected chi connectivity index (χ4v) is 2.36. The fourth-order valence-electron chi connectivity index (χ4n) is 2.06. The van der Waals surface area contributed by atoms with E-state index >= 15 is 0 Å². The third kappa shape index (κ3) is 3.27. The smallest absolute Gasteiger partial charge is 0.302 e. The lowest BCUT2D eigenvalue weighted by molar-refractivity contribution is -0.393. The highest BCUT2D eigenvalue weighted by atomic mass is 32.1. The quantitative estimate of drug-likeness (QED) is 0.265. The number of nitrogens with one attached hydrogen (secondary N) is 2. The molecule has 0 atom stereocenters. The molecule has 0 saturated heterocycles. The van der Waals surface area contributed by atoms with Crippen LogP contribution in [-0.4, -0.2) is 35.5 Å². The van der Waals surface area contributed by atoms with Gasteiger partial charge in [0.25, 0.3) is 5.69 Å². The summed E-state index contributed by atoms with van der Waals surface area (Å²) in [5.41, 5.74) is 2.89. The number of hydrogen-bond donors (Lipinski definition) is 3. The number of nitro groups is 2. The van der Waals surface area contributed by atoms with Crippen LogP contribution in [-0.2, 0) is 0 Å². The summed E-state index contributed by atoms with van der Waals surface area (Å²) in [7, 11) is 0. The maximum atomic E-state index is 11.2. The number of benzene rings is 1. The second-order valence-electron chi connectivity index (χ2n) is 5.02. The van der Waals surface area contributed by atoms with Crippen LogP contribution in [0, 0.1) is 20.2 Å². The molecule has 2 N–H and O–H groups in total. The van der Waals surface area contributed by atoms with Crippen molar-refractivity contribution in [3.8, 4) is 0 Å². The first-order valence-electron chi connectivity index (χ1n) is 6.99. The van der Waals surface area contributed by atoms with E-state index in [0.29, 0.717) is 16.9 Å². The van der Waals surface area contributed by atoms with Crippen molar-refractivity contribution in [1.82, 2.24) is 19.9 Å². The molecule has 0 spiro atoms. The Morgan fingerprint density at radius 3 is 2.73 bits per heavy atom. The molecule has 0 aliphatic carbocycles. The number of hydrogen-bond acceptors (Lipinski definition) is 10. The second kappa shape index (κ2) is 6.72. The molecular formula is C13H10N8O4S. The van der Waals surface area contributed by atoms with Crippen LogP contribution >= 0.6 is 12.6 Å². The van der Waals surface area contributed by atoms with Gasteiger partial charge in [0.05, 0.1) is 28.4 Å². The van der Waals surface area contributed by atoms with Crippen molar-refractivity contribution in [3.63, 3.8) is 0 Å². The zero-order chi connectivity index (χ0) is 18.8. The number of imidazole rings is 1. The highest BCUT2D eigenvalue weighted by Crippen LogP contribution is 2.35. The van der Waals surface area contributed by atoms with E-state index in [0.717, 1.165) is 12.1 Å². The van der Waals surface area contributed by atoms with Crippen LogP contribution in [0.25, 0.3) is 11.2 Å². The molecule has 0 aliphatic rings. The van der Waals surface area contributed by atoms with Crippen LogP contribution in [0.1, 0.15) is 12.7 Å². The Labute approximate surface area is 150 Å². The Hall–Kier alpha value is -3.61. The van der Waals surface area contributed by atoms with Gasteiger partial charge in [0, 0.05) is 11.0 Å². The number of aromatic amines is 1. The highest BCUT2D eigenvalue weighted by molar-refractivity contribution is 7.80. The first kappa shape index (κ1) is 17.2. The summed E-state index contributed by atoms with van der Waals surface area (Å²) in [5, 5.41) is 26.1. The molecule has 0 fully saturated rings. The van der Waals surface area contributed by atoms with Gasteiger partial charge < -0.3 is 4.98 Å². The van der Waals surface area contributed by atoms with Crippen molar-refractivity contribution in [2.24, 2.45) is 5.10 Å². The van der Waals surface area contributed by atoms with E-state index in [2.05, 4.69) is 43.1 Å². The molecule has 13 heteroatoms. The third-order valence-electron chi connectivity index (χ3n) is 3.32. The molecule has 0 unspecified atom stereocenters. The lowest BCUT2D eigenvalue weighted by Crippen LogP contribution is -2.07. The molecule has 3 rings (SSSR count). The number of rotatable bonds is 5. The molecule has 2 aromatic heterocycles. The molecule has 3 aromatic rings. The number of H-pyrrole nitrogens is 1. The first-order valence-corrected chi connectivity index (χ1v) is 7.44. The summed E-state index contributed by atoms with van der Waals surface area (Å²) in [6.45, 7) is 1.59. The Kier molecular flexibility index (Phi) is 4.45. The fraction of sp³-hybridized carbons (Fsp3) is 0.0769. The molecule has 0 bridgehead atoms. The summed E-state index contributed by atoms with van der Waals surface area (Å²) in [6.07, 6.45) is 3.00. The van der Waals surface area contributed by atoms with Crippen molar-refractivity contribution in [2.45, 2.75) is 11.8 Å². The van der Waals surface area contributed by atoms with Gasteiger partial charge in [0.1, 0.15) is 16.9 Å². The molecule has 26 heavy (non-hydrogen) atoms. The van der Waals surface area contributed by atoms with Gasteiger partial charge in [-0.15, -0.1) is 12.6 Å². The number of fused-ring (bicyclic) bond motifs is 1. The number of non-ortho nitro benzene ring substituents is 1. The summed E-state index contributed by atoms with van der Waals surface area (Å²) in [4.78, 5) is 35.7. The zero-order valence-electron chi connectivity index (χ0n) is 13.1. The number of aromatic nitrogens is 4. The van der Waals surface area contributed by atoms with Crippen LogP contribution < -0.4 is 5.43 Å². The number of nitrogens with zero attached hydrogens (tertiary/aromatic N) is 6. The van der Waals surface area contributed by atoms with Crippen molar-refractivity contribution in [1.29, 1.82) is 0 Å². The Balaban J connectivity index is 1.95. The van der Waals surface area contributed by atoms with E-state index in [1.807, 2.05) is 0 Å². The minimum absolute atomic E-state index is 0.00567. The molecule has 1 aromatic carbocycles. The van der Waals surface area contributed by atoms with Gasteiger partial charge in [-0.2, -0.15) is 5.10 Å². The van der Waals surface area contributed by atoms with Crippen molar-refractivity contribution >= 4 is 46.6 Å². The standard InChI is InChI=1S/C13H10N8O4S/c1-6(12-14-4-8-13(17-12)16-5-15-8)18-19-11-9(21(24)25)2-7(20(22)23)3-10(11)26/h2-5,19,26H,1H3,(H,14,15,16,17)/b18-6+. The second-order valence-corrected chi connectivity index (χ2v) is 5.50. The van der Waals surface area contributed by atoms with E-state index in [4.69, 9.17) is 0 Å². The lowest BCUT2D eigenvalue weighted by atomic mass is 10.2. The molecule has 0 aliphatic heterocycles. The summed E-state index contributed by atoms with van der Waals surface area (Å²) < 4.78 is 0. The van der Waals surface area contributed by atoms with Gasteiger partial charge in [-0.3, -0.25) is 25.7 Å². The van der Waals surface area contributed by atoms with E-state index in [9.17, 15) is 20.2 Å². The molecule has 0 saturated carbocycles. The number of thiol groups is 1. The van der Waals surface area contributed by atoms with Crippen molar-refractivity contribution in [2.75, 3.05) is 5.43 Å². The topological polar surface area (TPSA) is 165 Å². The molecule has 132 valence electrons. The number of nitro benzene ring substituents is 2. The molecule has 0 amide bonds. The highest BCUT2D eigenvalue weighted by Gasteiger charge is 2.23. The Bertz CT molecular complexity index is 1060. The average molecular weight is 374 g/mol. The van der Waals surface area contributed by atoms with Crippen LogP contribution in [0.3, 0.4) is 0 Å². The lowest BCUT2D eigenvalue weighted by Gasteiger charge is -2.06. The largest absolute Gasteiger partial charge is 0.342 e. The van der Waals surface area contributed by atoms with E-state index in [1.54, 1.807) is 6.92 Å². The van der Waals surface area contributed by atoms with Crippen LogP contribution in [0.2, 0.25) is 0 Å². The van der Waals surface area contributed by atoms with E-state index < -0.39 is 21.2 Å². The van der Waals surface area contributed by atoms with Crippen LogP contribution in [0.5, 0.6) is 0 Å². The minimum Gasteiger partial charge on any atom is -0.342 e. The SMILES string of the molecule is C/C(=N\Nc1c(S)cc([N+](=O)[O-])cc1[N+](=O)[O-])c1ncc2[nH]cnc2n1. The Morgan fingerprint density at radius 1 is 1.27 bits per heavy atom. The predicted molar refractivity (Wildman–Crippen MR) is 94.5 cm³/mol. The van der Waals surface area contributed by atoms with Gasteiger partial charge in [-0.25, -0.2) is 15.0 Å². The average Bonchev–Trinajstić information content (AvgIpc) is 3.07. The third-order valence-corrected chi connectivity index (χ3v) is 3.68. The van der Waals surface area contributed by atoms with Crippen LogP contribution in [0.15, 0.2) is 34.7 Å². The summed E-state index contributed by atoms with van der Waals surface area (Å²) in [6, 6.07) is 1.93. The number of anilines is 1. The molecule has 2 heterocycles. The maximum absolute atomic E-state index is 11.2. The minimum atomic E-state index is -0.758. The van der Waals surface area contributed by atoms with Crippen LogP contribution in [0.4, 0.5) is 17.1 Å². The zero-order valence-corrected chi connectivity index (χ0v) is 14.0. The van der Waals surface area contributed by atoms with Gasteiger partial charge in [-0.05, 0) is 6.92 Å². The predicted octanol–water partition coefficient (Wildman–Crippen LogP) is 2.29. The molecule has 0 radical (unpaired) electrons. The van der Waals surface area contributed by atoms with Gasteiger partial charge >= 0.3 is 5.69 Å². The maximum Gasteiger partial charge on any atom is 0.302 e. The Morgan fingerprint density at radius 2 is 2.04 bits per heavy atom. The summed E-state index contributed by atoms with van der Waals surface area (Å²) >= 11 is 4.07. The van der Waals surface area contributed by atoms with E-state index in [-0.39, 0.29) is 16.4 Å². The molecular weight excluding hydrogens is 364 g/mol. The monoisotopic (exact) mass is 374 g/mol. The van der Waals surface area contributed by atoms with E-state index in [1.165, 1.54) is 12.5 Å². The molecule has 12 nitrogen and oxygen atoms in total. The summed E-state index contributed by atoms with van der Waals surface area (Å²) in [5.74, 6) is 0.266. The van der Waals surface area contributed by atoms with Crippen molar-refractivity contribution in [3.05, 3.63) is 50.7 Å². The number of hydrazone groups is 1. The van der Waals surface area contributed by atoms with Crippen molar-refractivity contribution < 1.29 is 9.85 Å². The normalized spacial score (nSPS) is 11.5. The van der Waals surface area contributed by atoms with Gasteiger partial charge in [-0.1, -0.05) is 0 Å². The van der Waals surface area contributed by atoms with Gasteiger partial charge in [0.15, 0.2) is 11.5 Å².